The number of benzene rings is 1. The van der Waals surface area contributed by atoms with Gasteiger partial charge in [0.05, 0.1) is 11.4 Å². The second-order valence-electron chi connectivity index (χ2n) is 4.34. The lowest BCUT2D eigenvalue weighted by atomic mass is 10.1. The number of nitrogens with zero attached hydrogens (tertiary/aromatic N) is 2. The van der Waals surface area contributed by atoms with Crippen molar-refractivity contribution in [1.82, 2.24) is 9.97 Å². The lowest BCUT2D eigenvalue weighted by Crippen LogP contribution is -1.95. The van der Waals surface area contributed by atoms with Gasteiger partial charge in [0.1, 0.15) is 5.03 Å². The number of rotatable bonds is 2. The molecule has 0 aliphatic carbocycles. The molecule has 0 radical (unpaired) electrons. The third-order valence-corrected chi connectivity index (χ3v) is 4.27. The van der Waals surface area contributed by atoms with Gasteiger partial charge in [-0.05, 0) is 51.0 Å². The molecule has 0 aliphatic heterocycles. The molecule has 1 aromatic carbocycles. The summed E-state index contributed by atoms with van der Waals surface area (Å²) >= 11 is 7.68. The first-order chi connectivity index (χ1) is 8.47. The van der Waals surface area contributed by atoms with Crippen molar-refractivity contribution in [3.8, 4) is 0 Å². The van der Waals surface area contributed by atoms with E-state index < -0.39 is 0 Å². The summed E-state index contributed by atoms with van der Waals surface area (Å²) in [6, 6.07) is 6.34. The number of halogens is 1. The largest absolute Gasteiger partial charge is 0.241 e. The molecule has 2 aromatic rings. The summed E-state index contributed by atoms with van der Waals surface area (Å²) in [6.45, 7) is 8.07. The highest BCUT2D eigenvalue weighted by atomic mass is 35.5. The quantitative estimate of drug-likeness (QED) is 0.808. The molecule has 0 saturated carbocycles. The van der Waals surface area contributed by atoms with Crippen LogP contribution in [0, 0.1) is 27.7 Å². The second-order valence-corrected chi connectivity index (χ2v) is 5.76. The highest BCUT2D eigenvalue weighted by Crippen LogP contribution is 2.32. The van der Waals surface area contributed by atoms with Crippen molar-refractivity contribution < 1.29 is 0 Å². The maximum Gasteiger partial charge on any atom is 0.161 e. The average molecular weight is 279 g/mol. The van der Waals surface area contributed by atoms with Crippen LogP contribution in [0.2, 0.25) is 5.15 Å². The Morgan fingerprint density at radius 1 is 0.944 bits per heavy atom. The summed E-state index contributed by atoms with van der Waals surface area (Å²) < 4.78 is 0. The fourth-order valence-electron chi connectivity index (χ4n) is 1.51. The number of aromatic nitrogens is 2. The standard InChI is InChI=1S/C14H15ClN2S/c1-8-5-6-12(7-9(8)2)18-14-13(15)16-10(3)11(4)17-14/h5-7H,1-4H3. The fourth-order valence-corrected chi connectivity index (χ4v) is 2.70. The van der Waals surface area contributed by atoms with Crippen molar-refractivity contribution in [2.24, 2.45) is 0 Å². The average Bonchev–Trinajstić information content (AvgIpc) is 2.31. The van der Waals surface area contributed by atoms with Gasteiger partial charge >= 0.3 is 0 Å². The SMILES string of the molecule is Cc1ccc(Sc2nc(C)c(C)nc2Cl)cc1C. The zero-order chi connectivity index (χ0) is 13.3. The van der Waals surface area contributed by atoms with E-state index in [1.165, 1.54) is 11.1 Å². The van der Waals surface area contributed by atoms with Crippen molar-refractivity contribution in [3.63, 3.8) is 0 Å². The summed E-state index contributed by atoms with van der Waals surface area (Å²) in [5.41, 5.74) is 4.36. The Kier molecular flexibility index (Phi) is 3.93. The van der Waals surface area contributed by atoms with Gasteiger partial charge in [-0.1, -0.05) is 29.4 Å². The van der Waals surface area contributed by atoms with Crippen LogP contribution < -0.4 is 0 Å². The van der Waals surface area contributed by atoms with E-state index in [-0.39, 0.29) is 0 Å². The molecule has 0 unspecified atom stereocenters. The molecule has 0 atom stereocenters. The Morgan fingerprint density at radius 3 is 2.28 bits per heavy atom. The second kappa shape index (κ2) is 5.29. The van der Waals surface area contributed by atoms with E-state index in [2.05, 4.69) is 42.0 Å². The lowest BCUT2D eigenvalue weighted by Gasteiger charge is -2.07. The molecular weight excluding hydrogens is 264 g/mol. The van der Waals surface area contributed by atoms with Gasteiger partial charge in [0.15, 0.2) is 5.15 Å². The van der Waals surface area contributed by atoms with Crippen LogP contribution in [0.3, 0.4) is 0 Å². The van der Waals surface area contributed by atoms with Gasteiger partial charge in [-0.25, -0.2) is 9.97 Å². The van der Waals surface area contributed by atoms with E-state index in [4.69, 9.17) is 11.6 Å². The Labute approximate surface area is 117 Å². The molecule has 94 valence electrons. The molecule has 0 aliphatic rings. The number of hydrogen-bond acceptors (Lipinski definition) is 3. The summed E-state index contributed by atoms with van der Waals surface area (Å²) in [5.74, 6) is 0. The molecule has 0 N–H and O–H groups in total. The van der Waals surface area contributed by atoms with Crippen molar-refractivity contribution >= 4 is 23.4 Å². The molecular formula is C14H15ClN2S. The number of aryl methyl sites for hydroxylation is 4. The molecule has 0 saturated heterocycles. The Bertz CT molecular complexity index is 597. The zero-order valence-electron chi connectivity index (χ0n) is 10.9. The third kappa shape index (κ3) is 2.85. The fraction of sp³-hybridized carbons (Fsp3) is 0.286. The maximum atomic E-state index is 6.13. The van der Waals surface area contributed by atoms with Crippen LogP contribution in [0.15, 0.2) is 28.1 Å². The van der Waals surface area contributed by atoms with E-state index in [9.17, 15) is 0 Å². The summed E-state index contributed by atoms with van der Waals surface area (Å²) in [4.78, 5) is 9.92. The molecule has 0 bridgehead atoms. The summed E-state index contributed by atoms with van der Waals surface area (Å²) in [6.07, 6.45) is 0. The zero-order valence-corrected chi connectivity index (χ0v) is 12.5. The van der Waals surface area contributed by atoms with E-state index >= 15 is 0 Å². The molecule has 1 aromatic heterocycles. The van der Waals surface area contributed by atoms with Gasteiger partial charge in [0.2, 0.25) is 0 Å². The van der Waals surface area contributed by atoms with Gasteiger partial charge in [0.25, 0.3) is 0 Å². The number of hydrogen-bond donors (Lipinski definition) is 0. The predicted molar refractivity (Wildman–Crippen MR) is 76.6 cm³/mol. The smallest absolute Gasteiger partial charge is 0.161 e. The van der Waals surface area contributed by atoms with E-state index in [0.717, 1.165) is 21.3 Å². The first kappa shape index (κ1) is 13.4. The minimum Gasteiger partial charge on any atom is -0.241 e. The van der Waals surface area contributed by atoms with Gasteiger partial charge in [-0.15, -0.1) is 0 Å². The van der Waals surface area contributed by atoms with Crippen LogP contribution in [0.25, 0.3) is 0 Å². The normalized spacial score (nSPS) is 10.7. The molecule has 4 heteroatoms. The van der Waals surface area contributed by atoms with E-state index in [0.29, 0.717) is 5.15 Å². The minimum atomic E-state index is 0.473. The summed E-state index contributed by atoms with van der Waals surface area (Å²) in [5, 5.41) is 1.24. The highest BCUT2D eigenvalue weighted by molar-refractivity contribution is 7.99. The van der Waals surface area contributed by atoms with Gasteiger partial charge in [0, 0.05) is 4.90 Å². The van der Waals surface area contributed by atoms with Crippen LogP contribution in [0.1, 0.15) is 22.5 Å². The van der Waals surface area contributed by atoms with Crippen LogP contribution in [-0.2, 0) is 0 Å². The molecule has 2 nitrogen and oxygen atoms in total. The minimum absolute atomic E-state index is 0.473. The van der Waals surface area contributed by atoms with Crippen molar-refractivity contribution in [2.45, 2.75) is 37.6 Å². The lowest BCUT2D eigenvalue weighted by molar-refractivity contribution is 0.957. The van der Waals surface area contributed by atoms with Gasteiger partial charge in [-0.2, -0.15) is 0 Å². The first-order valence-corrected chi connectivity index (χ1v) is 6.92. The third-order valence-electron chi connectivity index (χ3n) is 2.93. The highest BCUT2D eigenvalue weighted by Gasteiger charge is 2.09. The molecule has 0 fully saturated rings. The molecule has 0 spiro atoms. The predicted octanol–water partition coefficient (Wildman–Crippen LogP) is 4.51. The monoisotopic (exact) mass is 278 g/mol. The van der Waals surface area contributed by atoms with Crippen molar-refractivity contribution in [3.05, 3.63) is 45.9 Å². The van der Waals surface area contributed by atoms with E-state index in [1.807, 2.05) is 13.8 Å². The molecule has 0 amide bonds. The molecule has 1 heterocycles. The van der Waals surface area contributed by atoms with Crippen molar-refractivity contribution in [1.29, 1.82) is 0 Å². The Hall–Kier alpha value is -1.06. The molecule has 2 rings (SSSR count). The van der Waals surface area contributed by atoms with Gasteiger partial charge in [-0.3, -0.25) is 0 Å². The van der Waals surface area contributed by atoms with Crippen LogP contribution in [0.5, 0.6) is 0 Å². The van der Waals surface area contributed by atoms with Crippen molar-refractivity contribution in [2.75, 3.05) is 0 Å². The topological polar surface area (TPSA) is 25.8 Å². The Morgan fingerprint density at radius 2 is 1.61 bits per heavy atom. The van der Waals surface area contributed by atoms with Crippen LogP contribution in [-0.4, -0.2) is 9.97 Å². The molecule has 18 heavy (non-hydrogen) atoms. The Balaban J connectivity index is 2.34. The maximum absolute atomic E-state index is 6.13. The van der Waals surface area contributed by atoms with E-state index in [1.54, 1.807) is 11.8 Å². The van der Waals surface area contributed by atoms with Gasteiger partial charge < -0.3 is 0 Å². The van der Waals surface area contributed by atoms with Crippen LogP contribution in [0.4, 0.5) is 0 Å². The summed E-state index contributed by atoms with van der Waals surface area (Å²) in [7, 11) is 0. The van der Waals surface area contributed by atoms with Crippen LogP contribution >= 0.6 is 23.4 Å². The first-order valence-electron chi connectivity index (χ1n) is 5.73.